The molecule has 1 atom stereocenters. The zero-order valence-corrected chi connectivity index (χ0v) is 18.8. The van der Waals surface area contributed by atoms with Crippen LogP contribution in [0, 0.1) is 0 Å². The Kier molecular flexibility index (Phi) is 7.56. The second kappa shape index (κ2) is 9.97. The van der Waals surface area contributed by atoms with E-state index >= 15 is 0 Å². The third-order valence-corrected chi connectivity index (χ3v) is 7.70. The van der Waals surface area contributed by atoms with E-state index in [-0.39, 0.29) is 35.5 Å². The molecule has 1 heterocycles. The van der Waals surface area contributed by atoms with Crippen LogP contribution in [0.2, 0.25) is 0 Å². The van der Waals surface area contributed by atoms with Gasteiger partial charge in [-0.25, -0.2) is 17.6 Å². The number of nitrogens with one attached hydrogen (secondary N) is 1. The van der Waals surface area contributed by atoms with Crippen LogP contribution in [0.25, 0.3) is 0 Å². The monoisotopic (exact) mass is 454 g/mol. The largest absolute Gasteiger partial charge is 0.491 e. The molecule has 9 heteroatoms. The molecule has 31 heavy (non-hydrogen) atoms. The molecule has 1 unspecified atom stereocenters. The molecule has 1 aliphatic carbocycles. The summed E-state index contributed by atoms with van der Waals surface area (Å²) in [4.78, 5) is 24.4. The topological polar surface area (TPSA) is 92.8 Å². The first kappa shape index (κ1) is 23.5. The van der Waals surface area contributed by atoms with Gasteiger partial charge in [-0.2, -0.15) is 0 Å². The van der Waals surface area contributed by atoms with Crippen LogP contribution in [-0.4, -0.2) is 62.6 Å². The Labute approximate surface area is 183 Å². The SMILES string of the molecule is CC(F)COc1cccc(C2(CS(=O)(=O)CCCCCN3CCC(=O)NC3=O)CC2)c1. The number of hydrogen-bond acceptors (Lipinski definition) is 5. The first-order valence-corrected chi connectivity index (χ1v) is 12.7. The normalized spacial score (nSPS) is 19.1. The predicted molar refractivity (Wildman–Crippen MR) is 116 cm³/mol. The van der Waals surface area contributed by atoms with Crippen LogP contribution in [0.15, 0.2) is 24.3 Å². The molecule has 3 amide bonds. The van der Waals surface area contributed by atoms with Crippen molar-refractivity contribution in [2.75, 3.05) is 31.2 Å². The Morgan fingerprint density at radius 2 is 2.00 bits per heavy atom. The Bertz CT molecular complexity index is 899. The van der Waals surface area contributed by atoms with Gasteiger partial charge in [-0.1, -0.05) is 18.6 Å². The van der Waals surface area contributed by atoms with Gasteiger partial charge in [0.05, 0.1) is 11.5 Å². The number of halogens is 1. The minimum absolute atomic E-state index is 0.0237. The lowest BCUT2D eigenvalue weighted by Gasteiger charge is -2.26. The molecule has 1 N–H and O–H groups in total. The fraction of sp³-hybridized carbons (Fsp3) is 0.636. The summed E-state index contributed by atoms with van der Waals surface area (Å²) in [6.45, 7) is 2.34. The van der Waals surface area contributed by atoms with E-state index in [1.807, 2.05) is 18.2 Å². The van der Waals surface area contributed by atoms with E-state index in [1.54, 1.807) is 11.0 Å². The Morgan fingerprint density at radius 3 is 2.68 bits per heavy atom. The van der Waals surface area contributed by atoms with Crippen LogP contribution in [0.3, 0.4) is 0 Å². The lowest BCUT2D eigenvalue weighted by atomic mass is 9.98. The average Bonchev–Trinajstić information content (AvgIpc) is 3.48. The van der Waals surface area contributed by atoms with E-state index in [4.69, 9.17) is 4.74 Å². The van der Waals surface area contributed by atoms with Gasteiger partial charge < -0.3 is 9.64 Å². The first-order chi connectivity index (χ1) is 14.7. The summed E-state index contributed by atoms with van der Waals surface area (Å²) in [5.41, 5.74) is 0.573. The highest BCUT2D eigenvalue weighted by Gasteiger charge is 2.47. The van der Waals surface area contributed by atoms with Crippen molar-refractivity contribution in [1.82, 2.24) is 10.2 Å². The van der Waals surface area contributed by atoms with Crippen molar-refractivity contribution >= 4 is 21.8 Å². The highest BCUT2D eigenvalue weighted by atomic mass is 32.2. The second-order valence-electron chi connectivity index (χ2n) is 8.64. The minimum atomic E-state index is -3.23. The van der Waals surface area contributed by atoms with Crippen molar-refractivity contribution in [2.45, 2.75) is 57.0 Å². The lowest BCUT2D eigenvalue weighted by Crippen LogP contribution is -2.49. The summed E-state index contributed by atoms with van der Waals surface area (Å²) in [5, 5.41) is 2.28. The van der Waals surface area contributed by atoms with E-state index in [0.29, 0.717) is 44.5 Å². The zero-order valence-electron chi connectivity index (χ0n) is 17.9. The minimum Gasteiger partial charge on any atom is -0.491 e. The maximum absolute atomic E-state index is 13.0. The lowest BCUT2D eigenvalue weighted by molar-refractivity contribution is -0.121. The van der Waals surface area contributed by atoms with Crippen LogP contribution in [0.1, 0.15) is 51.0 Å². The molecule has 0 aromatic heterocycles. The molecule has 1 aromatic rings. The maximum Gasteiger partial charge on any atom is 0.324 e. The molecule has 0 spiro atoms. The molecule has 0 radical (unpaired) electrons. The number of benzene rings is 1. The molecule has 0 bridgehead atoms. The van der Waals surface area contributed by atoms with Gasteiger partial charge in [0.2, 0.25) is 5.91 Å². The molecule has 2 fully saturated rings. The average molecular weight is 455 g/mol. The van der Waals surface area contributed by atoms with Gasteiger partial charge in [-0.3, -0.25) is 10.1 Å². The third-order valence-electron chi connectivity index (χ3n) is 5.80. The van der Waals surface area contributed by atoms with Crippen LogP contribution < -0.4 is 10.1 Å². The van der Waals surface area contributed by atoms with Crippen molar-refractivity contribution in [3.8, 4) is 5.75 Å². The second-order valence-corrected chi connectivity index (χ2v) is 10.8. The zero-order chi connectivity index (χ0) is 22.5. The Morgan fingerprint density at radius 1 is 1.23 bits per heavy atom. The molecule has 7 nitrogen and oxygen atoms in total. The summed E-state index contributed by atoms with van der Waals surface area (Å²) >= 11 is 0. The van der Waals surface area contributed by atoms with E-state index < -0.39 is 16.0 Å². The van der Waals surface area contributed by atoms with E-state index in [9.17, 15) is 22.4 Å². The number of unbranched alkanes of at least 4 members (excludes halogenated alkanes) is 2. The van der Waals surface area contributed by atoms with Crippen molar-refractivity contribution < 1.29 is 27.1 Å². The maximum atomic E-state index is 13.0. The number of hydrogen-bond donors (Lipinski definition) is 1. The Hall–Kier alpha value is -2.16. The van der Waals surface area contributed by atoms with E-state index in [1.165, 1.54) is 6.92 Å². The van der Waals surface area contributed by atoms with Gasteiger partial charge in [0.25, 0.3) is 0 Å². The summed E-state index contributed by atoms with van der Waals surface area (Å²) in [6, 6.07) is 6.97. The predicted octanol–water partition coefficient (Wildman–Crippen LogP) is 2.98. The summed E-state index contributed by atoms with van der Waals surface area (Å²) in [6.07, 6.45) is 2.83. The number of amides is 3. The fourth-order valence-corrected chi connectivity index (χ4v) is 5.99. The number of carbonyl (C=O) groups is 2. The highest BCUT2D eigenvalue weighted by Crippen LogP contribution is 2.50. The molecular weight excluding hydrogens is 423 g/mol. The molecular formula is C22H31FN2O5S. The van der Waals surface area contributed by atoms with Crippen molar-refractivity contribution in [2.24, 2.45) is 0 Å². The fourth-order valence-electron chi connectivity index (χ4n) is 3.90. The molecule has 172 valence electrons. The van der Waals surface area contributed by atoms with Crippen LogP contribution in [0.5, 0.6) is 5.75 Å². The van der Waals surface area contributed by atoms with Crippen molar-refractivity contribution in [3.05, 3.63) is 29.8 Å². The quantitative estimate of drug-likeness (QED) is 0.490. The van der Waals surface area contributed by atoms with Gasteiger partial charge in [-0.05, 0) is 50.3 Å². The van der Waals surface area contributed by atoms with Crippen molar-refractivity contribution in [1.29, 1.82) is 0 Å². The van der Waals surface area contributed by atoms with Crippen LogP contribution in [-0.2, 0) is 20.0 Å². The number of ether oxygens (including phenoxy) is 1. The summed E-state index contributed by atoms with van der Waals surface area (Å²) in [7, 11) is -3.23. The van der Waals surface area contributed by atoms with Gasteiger partial charge in [-0.15, -0.1) is 0 Å². The van der Waals surface area contributed by atoms with Gasteiger partial charge in [0.1, 0.15) is 18.5 Å². The van der Waals surface area contributed by atoms with E-state index in [2.05, 4.69) is 5.32 Å². The number of rotatable bonds is 12. The smallest absolute Gasteiger partial charge is 0.324 e. The van der Waals surface area contributed by atoms with Gasteiger partial charge in [0.15, 0.2) is 9.84 Å². The highest BCUT2D eigenvalue weighted by molar-refractivity contribution is 7.91. The van der Waals surface area contributed by atoms with Gasteiger partial charge in [0, 0.05) is 24.9 Å². The number of nitrogens with zero attached hydrogens (tertiary/aromatic N) is 1. The number of carbonyl (C=O) groups excluding carboxylic acids is 2. The molecule has 3 rings (SSSR count). The number of sulfone groups is 1. The summed E-state index contributed by atoms with van der Waals surface area (Å²) < 4.78 is 43.9. The van der Waals surface area contributed by atoms with E-state index in [0.717, 1.165) is 18.4 Å². The number of alkyl halides is 1. The third kappa shape index (κ3) is 6.92. The first-order valence-electron chi connectivity index (χ1n) is 10.9. The van der Waals surface area contributed by atoms with Crippen LogP contribution >= 0.6 is 0 Å². The molecule has 1 saturated heterocycles. The number of urea groups is 1. The molecule has 1 aromatic carbocycles. The molecule has 1 saturated carbocycles. The molecule has 1 aliphatic heterocycles. The van der Waals surface area contributed by atoms with Crippen LogP contribution in [0.4, 0.5) is 9.18 Å². The summed E-state index contributed by atoms with van der Waals surface area (Å²) in [5.74, 6) is 0.541. The number of imide groups is 1. The van der Waals surface area contributed by atoms with Gasteiger partial charge >= 0.3 is 6.03 Å². The molecule has 2 aliphatic rings. The Balaban J connectivity index is 1.44. The standard InChI is InChI=1S/C22H31FN2O5S/c1-17(23)15-30-19-7-5-6-18(14-19)22(9-10-22)16-31(28,29)13-4-2-3-11-25-12-8-20(26)24-21(25)27/h5-7,14,17H,2-4,8-13,15-16H2,1H3,(H,24,26,27). The van der Waals surface area contributed by atoms with Crippen molar-refractivity contribution in [3.63, 3.8) is 0 Å².